The summed E-state index contributed by atoms with van der Waals surface area (Å²) in [4.78, 5) is 26.7. The van der Waals surface area contributed by atoms with Gasteiger partial charge < -0.3 is 10.2 Å². The maximum Gasteiger partial charge on any atom is 0.271 e. The van der Waals surface area contributed by atoms with Gasteiger partial charge in [-0.05, 0) is 26.3 Å². The number of hydrogen-bond acceptors (Lipinski definition) is 4. The highest BCUT2D eigenvalue weighted by atomic mass is 16.2. The summed E-state index contributed by atoms with van der Waals surface area (Å²) in [6.45, 7) is 5.03. The zero-order chi connectivity index (χ0) is 18.8. The molecule has 1 N–H and O–H groups in total. The second-order valence-electron chi connectivity index (χ2n) is 6.88. The lowest BCUT2D eigenvalue weighted by atomic mass is 9.85. The molecule has 1 aliphatic heterocycles. The van der Waals surface area contributed by atoms with Crippen molar-refractivity contribution in [1.29, 1.82) is 0 Å². The van der Waals surface area contributed by atoms with Gasteiger partial charge in [-0.2, -0.15) is 10.2 Å². The molecule has 140 valence electrons. The molecular formula is C18H26N6O2. The van der Waals surface area contributed by atoms with Gasteiger partial charge in [0.25, 0.3) is 5.91 Å². The lowest BCUT2D eigenvalue weighted by Crippen LogP contribution is -2.46. The fourth-order valence-corrected chi connectivity index (χ4v) is 3.64. The van der Waals surface area contributed by atoms with Gasteiger partial charge in [-0.15, -0.1) is 0 Å². The summed E-state index contributed by atoms with van der Waals surface area (Å²) in [6.07, 6.45) is 5.01. The van der Waals surface area contributed by atoms with Crippen molar-refractivity contribution in [2.45, 2.75) is 32.7 Å². The zero-order valence-corrected chi connectivity index (χ0v) is 15.8. The van der Waals surface area contributed by atoms with Crippen LogP contribution < -0.4 is 5.32 Å². The van der Waals surface area contributed by atoms with E-state index in [0.29, 0.717) is 25.2 Å². The molecule has 0 bridgehead atoms. The summed E-state index contributed by atoms with van der Waals surface area (Å²) < 4.78 is 3.43. The van der Waals surface area contributed by atoms with Crippen molar-refractivity contribution < 1.29 is 9.59 Å². The Morgan fingerprint density at radius 2 is 2.15 bits per heavy atom. The quantitative estimate of drug-likeness (QED) is 0.870. The fraction of sp³-hybridized carbons (Fsp3) is 0.556. The summed E-state index contributed by atoms with van der Waals surface area (Å²) in [7, 11) is 3.68. The van der Waals surface area contributed by atoms with Crippen molar-refractivity contribution >= 4 is 11.8 Å². The first kappa shape index (κ1) is 18.2. The number of carbonyl (C=O) groups excluding carboxylic acids is 2. The average Bonchev–Trinajstić information content (AvgIpc) is 3.19. The third-order valence-electron chi connectivity index (χ3n) is 5.11. The van der Waals surface area contributed by atoms with Gasteiger partial charge in [0.15, 0.2) is 0 Å². The van der Waals surface area contributed by atoms with E-state index in [1.165, 1.54) is 0 Å². The van der Waals surface area contributed by atoms with Crippen LogP contribution in [0, 0.1) is 12.8 Å². The average molecular weight is 358 g/mol. The van der Waals surface area contributed by atoms with E-state index in [1.54, 1.807) is 15.4 Å². The standard InChI is InChI=1S/C18H26N6O2/c1-5-24-16(25)7-6-13(17(24)14-10-20-22(3)11-14)9-19-18(26)15-8-12(2)23(4)21-15/h8,10-11,13,17H,5-7,9H2,1-4H3,(H,19,26)/t13-,17+/m1/s1. The van der Waals surface area contributed by atoms with Crippen LogP contribution in [0.2, 0.25) is 0 Å². The molecule has 2 atom stereocenters. The highest BCUT2D eigenvalue weighted by molar-refractivity contribution is 5.92. The Morgan fingerprint density at radius 3 is 2.73 bits per heavy atom. The zero-order valence-electron chi connectivity index (χ0n) is 15.8. The number of aromatic nitrogens is 4. The highest BCUT2D eigenvalue weighted by Crippen LogP contribution is 2.36. The monoisotopic (exact) mass is 358 g/mol. The van der Waals surface area contributed by atoms with Crippen molar-refractivity contribution in [2.24, 2.45) is 20.0 Å². The summed E-state index contributed by atoms with van der Waals surface area (Å²) >= 11 is 0. The van der Waals surface area contributed by atoms with Crippen molar-refractivity contribution in [3.63, 3.8) is 0 Å². The van der Waals surface area contributed by atoms with Crippen LogP contribution in [-0.4, -0.2) is 49.4 Å². The third-order valence-corrected chi connectivity index (χ3v) is 5.11. The summed E-state index contributed by atoms with van der Waals surface area (Å²) in [6, 6.07) is 1.71. The van der Waals surface area contributed by atoms with Crippen LogP contribution >= 0.6 is 0 Å². The van der Waals surface area contributed by atoms with Crippen LogP contribution in [0.4, 0.5) is 0 Å². The number of carbonyl (C=O) groups is 2. The van der Waals surface area contributed by atoms with E-state index in [9.17, 15) is 9.59 Å². The van der Waals surface area contributed by atoms with Crippen LogP contribution in [0.1, 0.15) is 47.6 Å². The molecule has 8 heteroatoms. The Balaban J connectivity index is 1.75. The molecule has 1 saturated heterocycles. The predicted molar refractivity (Wildman–Crippen MR) is 96.3 cm³/mol. The van der Waals surface area contributed by atoms with E-state index >= 15 is 0 Å². The first-order valence-electron chi connectivity index (χ1n) is 8.97. The van der Waals surface area contributed by atoms with Crippen molar-refractivity contribution in [2.75, 3.05) is 13.1 Å². The summed E-state index contributed by atoms with van der Waals surface area (Å²) in [5.74, 6) is 0.119. The summed E-state index contributed by atoms with van der Waals surface area (Å²) in [5, 5.41) is 11.5. The molecule has 0 aromatic carbocycles. The Bertz CT molecular complexity index is 789. The number of aryl methyl sites for hydroxylation is 3. The molecule has 2 amide bonds. The fourth-order valence-electron chi connectivity index (χ4n) is 3.64. The lowest BCUT2D eigenvalue weighted by Gasteiger charge is -2.40. The third kappa shape index (κ3) is 3.49. The van der Waals surface area contributed by atoms with Crippen molar-refractivity contribution in [3.8, 4) is 0 Å². The molecule has 3 rings (SSSR count). The minimum atomic E-state index is -0.182. The number of likely N-dealkylation sites (tertiary alicyclic amines) is 1. The highest BCUT2D eigenvalue weighted by Gasteiger charge is 2.36. The minimum absolute atomic E-state index is 0.0688. The number of rotatable bonds is 5. The van der Waals surface area contributed by atoms with Crippen LogP contribution in [0.25, 0.3) is 0 Å². The molecule has 0 saturated carbocycles. The number of nitrogens with zero attached hydrogens (tertiary/aromatic N) is 5. The molecule has 1 aliphatic rings. The second-order valence-corrected chi connectivity index (χ2v) is 6.88. The molecule has 8 nitrogen and oxygen atoms in total. The Labute approximate surface area is 153 Å². The number of hydrogen-bond donors (Lipinski definition) is 1. The van der Waals surface area contributed by atoms with Crippen LogP contribution in [0.3, 0.4) is 0 Å². The van der Waals surface area contributed by atoms with Gasteiger partial charge in [-0.3, -0.25) is 19.0 Å². The van der Waals surface area contributed by atoms with Crippen molar-refractivity contribution in [3.05, 3.63) is 35.4 Å². The first-order chi connectivity index (χ1) is 12.4. The van der Waals surface area contributed by atoms with Crippen molar-refractivity contribution in [1.82, 2.24) is 29.8 Å². The maximum atomic E-state index is 12.4. The topological polar surface area (TPSA) is 85.1 Å². The van der Waals surface area contributed by atoms with Gasteiger partial charge in [0.05, 0.1) is 12.2 Å². The Morgan fingerprint density at radius 1 is 1.38 bits per heavy atom. The maximum absolute atomic E-state index is 12.4. The van der Waals surface area contributed by atoms with Gasteiger partial charge in [0.1, 0.15) is 5.69 Å². The lowest BCUT2D eigenvalue weighted by molar-refractivity contribution is -0.138. The van der Waals surface area contributed by atoms with Gasteiger partial charge in [0, 0.05) is 57.0 Å². The predicted octanol–water partition coefficient (Wildman–Crippen LogP) is 1.19. The van der Waals surface area contributed by atoms with Crippen LogP contribution in [-0.2, 0) is 18.9 Å². The van der Waals surface area contributed by atoms with E-state index in [-0.39, 0.29) is 23.8 Å². The normalized spacial score (nSPS) is 20.5. The molecule has 26 heavy (non-hydrogen) atoms. The largest absolute Gasteiger partial charge is 0.350 e. The molecule has 0 spiro atoms. The molecule has 0 unspecified atom stereocenters. The van der Waals surface area contributed by atoms with Gasteiger partial charge in [-0.25, -0.2) is 0 Å². The minimum Gasteiger partial charge on any atom is -0.350 e. The van der Waals surface area contributed by atoms with E-state index in [2.05, 4.69) is 15.5 Å². The number of nitrogens with one attached hydrogen (secondary N) is 1. The van der Waals surface area contributed by atoms with E-state index in [0.717, 1.165) is 17.7 Å². The number of piperidine rings is 1. The molecule has 3 heterocycles. The molecule has 0 aliphatic carbocycles. The molecule has 2 aromatic heterocycles. The molecule has 2 aromatic rings. The van der Waals surface area contributed by atoms with Crippen LogP contribution in [0.15, 0.2) is 18.5 Å². The Kier molecular flexibility index (Phi) is 5.11. The molecule has 0 radical (unpaired) electrons. The molecule has 1 fully saturated rings. The SMILES string of the molecule is CCN1C(=O)CC[C@H](CNC(=O)c2cc(C)n(C)n2)[C@H]1c1cnn(C)c1. The van der Waals surface area contributed by atoms with E-state index < -0.39 is 0 Å². The summed E-state index contributed by atoms with van der Waals surface area (Å²) in [5.41, 5.74) is 2.36. The second kappa shape index (κ2) is 7.31. The smallest absolute Gasteiger partial charge is 0.271 e. The van der Waals surface area contributed by atoms with Gasteiger partial charge in [0.2, 0.25) is 5.91 Å². The molecular weight excluding hydrogens is 332 g/mol. The van der Waals surface area contributed by atoms with E-state index in [1.807, 2.05) is 45.2 Å². The van der Waals surface area contributed by atoms with Gasteiger partial charge >= 0.3 is 0 Å². The first-order valence-corrected chi connectivity index (χ1v) is 8.97. The number of amides is 2. The van der Waals surface area contributed by atoms with Crippen LogP contribution in [0.5, 0.6) is 0 Å². The Hall–Kier alpha value is -2.64. The van der Waals surface area contributed by atoms with E-state index in [4.69, 9.17) is 0 Å². The van der Waals surface area contributed by atoms with Gasteiger partial charge in [-0.1, -0.05) is 0 Å².